The summed E-state index contributed by atoms with van der Waals surface area (Å²) in [5.74, 6) is -0.142. The zero-order valence-electron chi connectivity index (χ0n) is 20.8. The molecule has 5 rings (SSSR count). The summed E-state index contributed by atoms with van der Waals surface area (Å²) >= 11 is 6.09. The number of likely N-dealkylation sites (tertiary alicyclic amines) is 1. The van der Waals surface area contributed by atoms with Crippen LogP contribution < -0.4 is 4.90 Å². The number of hydrogen-bond acceptors (Lipinski definition) is 7. The lowest BCUT2D eigenvalue weighted by Gasteiger charge is -2.48. The Morgan fingerprint density at radius 1 is 1.03 bits per heavy atom. The molecule has 2 aromatic heterocycles. The number of aliphatic hydroxyl groups is 1. The average molecular weight is 517 g/mol. The predicted molar refractivity (Wildman–Crippen MR) is 140 cm³/mol. The fraction of sp³-hybridized carbons (Fsp3) is 0.393. The third kappa shape index (κ3) is 4.65. The van der Waals surface area contributed by atoms with Crippen LogP contribution >= 0.6 is 11.6 Å². The van der Waals surface area contributed by atoms with Gasteiger partial charge >= 0.3 is 0 Å². The van der Waals surface area contributed by atoms with E-state index in [9.17, 15) is 9.90 Å². The molecule has 2 fully saturated rings. The van der Waals surface area contributed by atoms with Gasteiger partial charge in [0.25, 0.3) is 0 Å². The minimum atomic E-state index is -1.00. The van der Waals surface area contributed by atoms with Crippen LogP contribution in [0.4, 0.5) is 5.82 Å². The molecule has 9 heteroatoms. The van der Waals surface area contributed by atoms with E-state index in [1.54, 1.807) is 24.4 Å². The molecule has 1 N–H and O–H groups in total. The number of rotatable bonds is 4. The minimum Gasteiger partial charge on any atom is -0.384 e. The Kier molecular flexibility index (Phi) is 6.84. The summed E-state index contributed by atoms with van der Waals surface area (Å²) in [7, 11) is 0. The summed E-state index contributed by atoms with van der Waals surface area (Å²) in [6.07, 6.45) is 1.60. The molecule has 0 aliphatic carbocycles. The Morgan fingerprint density at radius 2 is 1.76 bits per heavy atom. The van der Waals surface area contributed by atoms with Gasteiger partial charge in [-0.25, -0.2) is 0 Å². The first-order chi connectivity index (χ1) is 17.8. The van der Waals surface area contributed by atoms with E-state index in [2.05, 4.69) is 15.2 Å². The quantitative estimate of drug-likeness (QED) is 0.564. The molecule has 8 nitrogen and oxygen atoms in total. The maximum atomic E-state index is 14.1. The highest BCUT2D eigenvalue weighted by Gasteiger charge is 2.49. The molecule has 5 atom stereocenters. The van der Waals surface area contributed by atoms with E-state index in [4.69, 9.17) is 16.9 Å². The Bertz CT molecular complexity index is 1280. The van der Waals surface area contributed by atoms with Crippen LogP contribution in [0.5, 0.6) is 0 Å². The van der Waals surface area contributed by atoms with Crippen LogP contribution in [0.25, 0.3) is 0 Å². The van der Waals surface area contributed by atoms with Crippen LogP contribution in [0, 0.1) is 29.1 Å². The van der Waals surface area contributed by atoms with Crippen LogP contribution in [0.2, 0.25) is 5.02 Å². The van der Waals surface area contributed by atoms with Crippen LogP contribution in [0.15, 0.2) is 60.8 Å². The first-order valence-corrected chi connectivity index (χ1v) is 12.9. The summed E-state index contributed by atoms with van der Waals surface area (Å²) < 4.78 is 0. The van der Waals surface area contributed by atoms with Crippen molar-refractivity contribution < 1.29 is 9.90 Å². The highest BCUT2D eigenvalue weighted by Crippen LogP contribution is 2.43. The molecule has 0 radical (unpaired) electrons. The number of piperidine rings is 1. The molecular formula is C28H29ClN6O2. The van der Waals surface area contributed by atoms with Gasteiger partial charge in [0.15, 0.2) is 11.5 Å². The number of benzene rings is 1. The van der Waals surface area contributed by atoms with E-state index in [1.165, 1.54) is 0 Å². The van der Waals surface area contributed by atoms with Gasteiger partial charge in [-0.15, -0.1) is 10.2 Å². The third-order valence-corrected chi connectivity index (χ3v) is 8.12. The lowest BCUT2D eigenvalue weighted by Crippen LogP contribution is -2.57. The Balaban J connectivity index is 1.41. The smallest absolute Gasteiger partial charge is 0.228 e. The van der Waals surface area contributed by atoms with Crippen molar-refractivity contribution >= 4 is 23.3 Å². The third-order valence-electron chi connectivity index (χ3n) is 7.90. The number of amides is 1. The predicted octanol–water partition coefficient (Wildman–Crippen LogP) is 3.62. The first kappa shape index (κ1) is 25.1. The molecule has 3 aromatic rings. The van der Waals surface area contributed by atoms with E-state index < -0.39 is 5.60 Å². The number of nitrogens with zero attached hydrogens (tertiary/aromatic N) is 6. The van der Waals surface area contributed by atoms with Crippen LogP contribution in [0.3, 0.4) is 0 Å². The Hall–Kier alpha value is -3.54. The number of nitriles is 1. The van der Waals surface area contributed by atoms with Gasteiger partial charge in [-0.05, 0) is 29.8 Å². The maximum Gasteiger partial charge on any atom is 0.228 e. The topological polar surface area (TPSA) is 106 Å². The molecule has 4 heterocycles. The van der Waals surface area contributed by atoms with E-state index in [-0.39, 0.29) is 35.3 Å². The summed E-state index contributed by atoms with van der Waals surface area (Å²) in [5, 5.41) is 29.5. The number of anilines is 1. The molecule has 1 amide bonds. The second-order valence-corrected chi connectivity index (χ2v) is 10.6. The molecule has 2 saturated heterocycles. The Morgan fingerprint density at radius 3 is 2.35 bits per heavy atom. The van der Waals surface area contributed by atoms with Crippen molar-refractivity contribution in [2.24, 2.45) is 17.8 Å². The van der Waals surface area contributed by atoms with Gasteiger partial charge < -0.3 is 14.9 Å². The highest BCUT2D eigenvalue weighted by atomic mass is 35.5. The molecular weight excluding hydrogens is 488 g/mol. The number of carbonyl (C=O) groups excluding carboxylic acids is 1. The molecule has 2 aliphatic rings. The fourth-order valence-electron chi connectivity index (χ4n) is 5.89. The molecule has 37 heavy (non-hydrogen) atoms. The van der Waals surface area contributed by atoms with E-state index in [0.717, 1.165) is 11.3 Å². The second kappa shape index (κ2) is 10.1. The van der Waals surface area contributed by atoms with Crippen molar-refractivity contribution in [3.05, 3.63) is 82.8 Å². The molecule has 1 aromatic carbocycles. The summed E-state index contributed by atoms with van der Waals surface area (Å²) in [4.78, 5) is 22.5. The lowest BCUT2D eigenvalue weighted by molar-refractivity contribution is -0.152. The number of pyridine rings is 1. The van der Waals surface area contributed by atoms with Gasteiger partial charge in [0.05, 0.1) is 16.5 Å². The van der Waals surface area contributed by atoms with Gasteiger partial charge in [0.2, 0.25) is 5.91 Å². The van der Waals surface area contributed by atoms with Crippen molar-refractivity contribution in [2.75, 3.05) is 31.1 Å². The van der Waals surface area contributed by atoms with Crippen LogP contribution in [0.1, 0.15) is 36.7 Å². The minimum absolute atomic E-state index is 0.0414. The summed E-state index contributed by atoms with van der Waals surface area (Å²) in [6, 6.07) is 18.8. The van der Waals surface area contributed by atoms with Crippen LogP contribution in [-0.2, 0) is 10.4 Å². The molecule has 1 unspecified atom stereocenters. The highest BCUT2D eigenvalue weighted by molar-refractivity contribution is 6.30. The number of halogens is 1. The molecule has 0 spiro atoms. The molecule has 0 saturated carbocycles. The fourth-order valence-corrected chi connectivity index (χ4v) is 6.00. The number of hydrogen-bond donors (Lipinski definition) is 1. The summed E-state index contributed by atoms with van der Waals surface area (Å²) in [5.41, 5.74) is 0.922. The van der Waals surface area contributed by atoms with Crippen LogP contribution in [-0.4, -0.2) is 57.3 Å². The molecule has 190 valence electrons. The molecule has 2 aliphatic heterocycles. The number of aromatic nitrogens is 3. The van der Waals surface area contributed by atoms with Crippen molar-refractivity contribution in [1.82, 2.24) is 20.1 Å². The molecule has 0 bridgehead atoms. The van der Waals surface area contributed by atoms with Gasteiger partial charge in [0.1, 0.15) is 6.07 Å². The van der Waals surface area contributed by atoms with E-state index in [1.807, 2.05) is 66.1 Å². The first-order valence-electron chi connectivity index (χ1n) is 12.5. The lowest BCUT2D eigenvalue weighted by atomic mass is 9.70. The van der Waals surface area contributed by atoms with E-state index in [0.29, 0.717) is 37.0 Å². The van der Waals surface area contributed by atoms with Crippen molar-refractivity contribution in [1.29, 1.82) is 5.26 Å². The van der Waals surface area contributed by atoms with Crippen molar-refractivity contribution in [2.45, 2.75) is 25.4 Å². The normalized spacial score (nSPS) is 27.6. The SMILES string of the molecule is C[C@@H]1CN(C(=O)[C@@H]2CN(c3ccc(C#N)nn3)C[C@H]2c2ccc(Cl)cn2)C[C@H](C)C1(O)c1ccccc1. The van der Waals surface area contributed by atoms with E-state index >= 15 is 0 Å². The standard InChI is InChI=1S/C28H29ClN6O2/c1-18-14-35(15-19(2)28(18,37)20-6-4-3-5-7-20)27(36)24-17-34(26-11-9-22(12-30)32-33-26)16-23(24)25-10-8-21(29)13-31-25/h3-11,13,18-19,23-24,37H,14-17H2,1-2H3/t18-,19+,23-,24-,28?/m1/s1. The summed E-state index contributed by atoms with van der Waals surface area (Å²) in [6.45, 7) is 5.93. The zero-order chi connectivity index (χ0) is 26.2. The largest absolute Gasteiger partial charge is 0.384 e. The van der Waals surface area contributed by atoms with Gasteiger partial charge in [-0.2, -0.15) is 5.26 Å². The van der Waals surface area contributed by atoms with Gasteiger partial charge in [0, 0.05) is 55.8 Å². The average Bonchev–Trinajstić information content (AvgIpc) is 3.37. The van der Waals surface area contributed by atoms with Gasteiger partial charge in [-0.3, -0.25) is 9.78 Å². The maximum absolute atomic E-state index is 14.1. The Labute approximate surface area is 221 Å². The van der Waals surface area contributed by atoms with Crippen molar-refractivity contribution in [3.8, 4) is 6.07 Å². The number of carbonyl (C=O) groups is 1. The monoisotopic (exact) mass is 516 g/mol. The van der Waals surface area contributed by atoms with Crippen molar-refractivity contribution in [3.63, 3.8) is 0 Å². The zero-order valence-corrected chi connectivity index (χ0v) is 21.6. The van der Waals surface area contributed by atoms with Gasteiger partial charge in [-0.1, -0.05) is 55.8 Å². The second-order valence-electron chi connectivity index (χ2n) is 10.1.